The fourth-order valence-corrected chi connectivity index (χ4v) is 2.52. The summed E-state index contributed by atoms with van der Waals surface area (Å²) in [7, 11) is 0. The van der Waals surface area contributed by atoms with Gasteiger partial charge in [0, 0.05) is 6.04 Å². The van der Waals surface area contributed by atoms with Crippen molar-refractivity contribution < 1.29 is 0 Å². The third kappa shape index (κ3) is 1.97. The van der Waals surface area contributed by atoms with Crippen LogP contribution in [0.5, 0.6) is 0 Å². The molecule has 2 N–H and O–H groups in total. The van der Waals surface area contributed by atoms with Crippen LogP contribution >= 0.6 is 0 Å². The summed E-state index contributed by atoms with van der Waals surface area (Å²) in [5.41, 5.74) is 8.57. The largest absolute Gasteiger partial charge is 0.329 e. The lowest BCUT2D eigenvalue weighted by molar-refractivity contribution is 0.507. The number of allylic oxidation sites excluding steroid dienone is 2. The van der Waals surface area contributed by atoms with Crippen LogP contribution in [0.3, 0.4) is 0 Å². The number of hydrogen-bond donors (Lipinski definition) is 1. The first-order valence-electron chi connectivity index (χ1n) is 6.33. The average molecular weight is 239 g/mol. The van der Waals surface area contributed by atoms with Crippen LogP contribution in [0.4, 0.5) is 0 Å². The van der Waals surface area contributed by atoms with E-state index in [1.165, 1.54) is 0 Å². The Morgan fingerprint density at radius 1 is 1.17 bits per heavy atom. The maximum atomic E-state index is 6.35. The Bertz CT molecular complexity index is 534. The van der Waals surface area contributed by atoms with Crippen LogP contribution in [-0.2, 0) is 0 Å². The van der Waals surface area contributed by atoms with Crippen LogP contribution in [0.1, 0.15) is 36.2 Å². The van der Waals surface area contributed by atoms with Gasteiger partial charge in [0.15, 0.2) is 0 Å². The first-order valence-corrected chi connectivity index (χ1v) is 6.33. The number of rotatable bonds is 3. The van der Waals surface area contributed by atoms with E-state index in [1.54, 1.807) is 0 Å². The van der Waals surface area contributed by atoms with Gasteiger partial charge in [-0.25, -0.2) is 4.98 Å². The molecule has 1 aromatic carbocycles. The maximum absolute atomic E-state index is 6.35. The minimum absolute atomic E-state index is 0.103. The number of imidazole rings is 1. The van der Waals surface area contributed by atoms with E-state index in [0.29, 0.717) is 6.04 Å². The topological polar surface area (TPSA) is 43.8 Å². The highest BCUT2D eigenvalue weighted by Crippen LogP contribution is 2.28. The van der Waals surface area contributed by atoms with E-state index in [9.17, 15) is 0 Å². The molecule has 1 aliphatic rings. The summed E-state index contributed by atoms with van der Waals surface area (Å²) >= 11 is 0. The van der Waals surface area contributed by atoms with E-state index in [2.05, 4.69) is 33.8 Å². The molecule has 1 aromatic heterocycles. The van der Waals surface area contributed by atoms with Gasteiger partial charge in [0.2, 0.25) is 0 Å². The van der Waals surface area contributed by atoms with E-state index in [4.69, 9.17) is 5.73 Å². The summed E-state index contributed by atoms with van der Waals surface area (Å²) in [5, 5.41) is 0. The van der Waals surface area contributed by atoms with Gasteiger partial charge in [-0.15, -0.1) is 0 Å². The summed E-state index contributed by atoms with van der Waals surface area (Å²) in [4.78, 5) is 4.27. The maximum Gasteiger partial charge on any atom is 0.0951 e. The molecule has 3 nitrogen and oxygen atoms in total. The Morgan fingerprint density at radius 3 is 2.61 bits per heavy atom. The average Bonchev–Trinajstić information content (AvgIpc) is 3.09. The van der Waals surface area contributed by atoms with Crippen molar-refractivity contribution in [1.82, 2.24) is 9.55 Å². The highest BCUT2D eigenvalue weighted by molar-refractivity contribution is 5.27. The van der Waals surface area contributed by atoms with E-state index in [1.807, 2.05) is 30.7 Å². The lowest BCUT2D eigenvalue weighted by Gasteiger charge is -2.19. The fraction of sp³-hybridized carbons (Fsp3) is 0.267. The van der Waals surface area contributed by atoms with Gasteiger partial charge in [-0.2, -0.15) is 0 Å². The molecule has 1 aliphatic carbocycles. The number of hydrogen-bond acceptors (Lipinski definition) is 2. The Balaban J connectivity index is 1.90. The quantitative estimate of drug-likeness (QED) is 0.837. The summed E-state index contributed by atoms with van der Waals surface area (Å²) < 4.78 is 2.22. The lowest BCUT2D eigenvalue weighted by atomic mass is 10.0. The van der Waals surface area contributed by atoms with Gasteiger partial charge in [0.25, 0.3) is 0 Å². The number of nitrogens with two attached hydrogens (primary N) is 1. The highest BCUT2D eigenvalue weighted by Gasteiger charge is 2.19. The van der Waals surface area contributed by atoms with E-state index in [0.717, 1.165) is 24.1 Å². The second kappa shape index (κ2) is 4.78. The van der Waals surface area contributed by atoms with Gasteiger partial charge in [-0.3, -0.25) is 0 Å². The molecule has 3 heteroatoms. The normalized spacial score (nSPS) is 17.2. The zero-order chi connectivity index (χ0) is 12.4. The third-order valence-electron chi connectivity index (χ3n) is 3.55. The molecule has 18 heavy (non-hydrogen) atoms. The van der Waals surface area contributed by atoms with E-state index >= 15 is 0 Å². The fourth-order valence-electron chi connectivity index (χ4n) is 2.52. The Kier molecular flexibility index (Phi) is 2.99. The van der Waals surface area contributed by atoms with Gasteiger partial charge in [0.1, 0.15) is 0 Å². The minimum atomic E-state index is -0.103. The predicted molar refractivity (Wildman–Crippen MR) is 72.1 cm³/mol. The molecule has 0 radical (unpaired) electrons. The molecule has 1 heterocycles. The van der Waals surface area contributed by atoms with E-state index in [-0.39, 0.29) is 6.04 Å². The first kappa shape index (κ1) is 11.2. The van der Waals surface area contributed by atoms with Crippen molar-refractivity contribution in [3.63, 3.8) is 0 Å². The second-order valence-electron chi connectivity index (χ2n) is 4.71. The van der Waals surface area contributed by atoms with Gasteiger partial charge in [-0.1, -0.05) is 42.5 Å². The minimum Gasteiger partial charge on any atom is -0.329 e. The molecule has 0 spiro atoms. The molecule has 0 saturated carbocycles. The van der Waals surface area contributed by atoms with Crippen molar-refractivity contribution in [2.45, 2.75) is 24.9 Å². The molecular formula is C15H17N3. The van der Waals surface area contributed by atoms with Crippen LogP contribution in [0.2, 0.25) is 0 Å². The van der Waals surface area contributed by atoms with Gasteiger partial charge in [0.05, 0.1) is 24.3 Å². The Labute approximate surface area is 107 Å². The molecule has 3 rings (SSSR count). The lowest BCUT2D eigenvalue weighted by Crippen LogP contribution is -2.18. The number of benzene rings is 1. The number of aromatic nitrogens is 2. The summed E-state index contributed by atoms with van der Waals surface area (Å²) in [6.07, 6.45) is 10.4. The van der Waals surface area contributed by atoms with Crippen molar-refractivity contribution in [3.8, 4) is 0 Å². The summed E-state index contributed by atoms with van der Waals surface area (Å²) in [6, 6.07) is 10.6. The van der Waals surface area contributed by atoms with Crippen molar-refractivity contribution in [2.75, 3.05) is 0 Å². The smallest absolute Gasteiger partial charge is 0.0951 e. The first-order chi connectivity index (χ1) is 8.86. The molecule has 1 atom stereocenters. The molecule has 2 aromatic rings. The van der Waals surface area contributed by atoms with Crippen LogP contribution in [0.25, 0.3) is 0 Å². The Morgan fingerprint density at radius 2 is 1.89 bits per heavy atom. The number of nitrogens with zero attached hydrogens (tertiary/aromatic N) is 2. The molecule has 1 unspecified atom stereocenters. The monoisotopic (exact) mass is 239 g/mol. The van der Waals surface area contributed by atoms with Crippen LogP contribution < -0.4 is 5.73 Å². The molecule has 0 fully saturated rings. The molecule has 0 saturated heterocycles. The highest BCUT2D eigenvalue weighted by atomic mass is 15.1. The summed E-state index contributed by atoms with van der Waals surface area (Å²) in [5.74, 6) is 0. The molecular weight excluding hydrogens is 222 g/mol. The molecule has 92 valence electrons. The SMILES string of the molecule is NC(c1ccccc1)c1cncn1C1CC=CC1. The van der Waals surface area contributed by atoms with Crippen LogP contribution in [0.15, 0.2) is 55.0 Å². The van der Waals surface area contributed by atoms with Crippen molar-refractivity contribution in [1.29, 1.82) is 0 Å². The van der Waals surface area contributed by atoms with Crippen molar-refractivity contribution in [3.05, 3.63) is 66.3 Å². The second-order valence-corrected chi connectivity index (χ2v) is 4.71. The van der Waals surface area contributed by atoms with E-state index < -0.39 is 0 Å². The predicted octanol–water partition coefficient (Wildman–Crippen LogP) is 2.82. The van der Waals surface area contributed by atoms with Gasteiger partial charge < -0.3 is 10.3 Å². The zero-order valence-electron chi connectivity index (χ0n) is 10.2. The molecule has 0 bridgehead atoms. The van der Waals surface area contributed by atoms with Crippen LogP contribution in [-0.4, -0.2) is 9.55 Å². The summed E-state index contributed by atoms with van der Waals surface area (Å²) in [6.45, 7) is 0. The van der Waals surface area contributed by atoms with Crippen molar-refractivity contribution in [2.24, 2.45) is 5.73 Å². The Hall–Kier alpha value is -1.87. The third-order valence-corrected chi connectivity index (χ3v) is 3.55. The van der Waals surface area contributed by atoms with Gasteiger partial charge >= 0.3 is 0 Å². The standard InChI is InChI=1S/C15H17N3/c16-15(12-6-2-1-3-7-12)14-10-17-11-18(14)13-8-4-5-9-13/h1-7,10-11,13,15H,8-9,16H2. The van der Waals surface area contributed by atoms with Crippen molar-refractivity contribution >= 4 is 0 Å². The van der Waals surface area contributed by atoms with Gasteiger partial charge in [-0.05, 0) is 18.4 Å². The zero-order valence-corrected chi connectivity index (χ0v) is 10.2. The van der Waals surface area contributed by atoms with Crippen LogP contribution in [0, 0.1) is 0 Å². The molecule has 0 amide bonds. The molecule has 0 aliphatic heterocycles.